The van der Waals surface area contributed by atoms with E-state index in [9.17, 15) is 19.5 Å². The standard InChI is InChI=1S/C26H39N3O7/c1-24(2,3)34-21(31)27-17-10-11-20-19(13-17)16(14-29(20)23(33)36-26(7,8)9)12-18(15-30)28-22(32)35-25(4,5)6/h10-11,13-14,18,30H,12,15H2,1-9H3,(H,27,31)(H,28,32)/t18-/m0/s1. The second kappa shape index (κ2) is 10.8. The second-order valence-corrected chi connectivity index (χ2v) is 11.6. The van der Waals surface area contributed by atoms with Crippen molar-refractivity contribution in [2.75, 3.05) is 11.9 Å². The van der Waals surface area contributed by atoms with Gasteiger partial charge in [0.2, 0.25) is 0 Å². The van der Waals surface area contributed by atoms with Crippen molar-refractivity contribution in [1.29, 1.82) is 0 Å². The lowest BCUT2D eigenvalue weighted by molar-refractivity contribution is 0.0479. The molecule has 1 atom stereocenters. The number of ether oxygens (including phenoxy) is 3. The van der Waals surface area contributed by atoms with Gasteiger partial charge in [-0.3, -0.25) is 9.88 Å². The predicted molar refractivity (Wildman–Crippen MR) is 137 cm³/mol. The summed E-state index contributed by atoms with van der Waals surface area (Å²) in [6.45, 7) is 15.5. The largest absolute Gasteiger partial charge is 0.444 e. The summed E-state index contributed by atoms with van der Waals surface area (Å²) in [7, 11) is 0. The normalized spacial score (nSPS) is 13.2. The number of benzene rings is 1. The molecule has 0 saturated carbocycles. The molecule has 0 fully saturated rings. The summed E-state index contributed by atoms with van der Waals surface area (Å²) in [6.07, 6.45) is -0.0559. The molecule has 10 heteroatoms. The molecule has 2 rings (SSSR count). The average Bonchev–Trinajstić information content (AvgIpc) is 3.01. The Labute approximate surface area is 212 Å². The van der Waals surface area contributed by atoms with Gasteiger partial charge in [-0.25, -0.2) is 14.4 Å². The number of hydrogen-bond acceptors (Lipinski definition) is 7. The Morgan fingerprint density at radius 3 is 1.97 bits per heavy atom. The first kappa shape index (κ1) is 29.0. The van der Waals surface area contributed by atoms with Gasteiger partial charge >= 0.3 is 18.3 Å². The second-order valence-electron chi connectivity index (χ2n) is 11.6. The Bertz CT molecular complexity index is 1100. The predicted octanol–water partition coefficient (Wildman–Crippen LogP) is 5.20. The van der Waals surface area contributed by atoms with Crippen LogP contribution in [0, 0.1) is 0 Å². The highest BCUT2D eigenvalue weighted by Gasteiger charge is 2.24. The van der Waals surface area contributed by atoms with E-state index < -0.39 is 41.1 Å². The number of anilines is 1. The number of carbonyl (C=O) groups excluding carboxylic acids is 3. The molecule has 3 N–H and O–H groups in total. The molecule has 10 nitrogen and oxygen atoms in total. The van der Waals surface area contributed by atoms with Gasteiger partial charge in [-0.1, -0.05) is 0 Å². The molecular weight excluding hydrogens is 466 g/mol. The first-order valence-electron chi connectivity index (χ1n) is 11.8. The maximum Gasteiger partial charge on any atom is 0.419 e. The number of rotatable bonds is 5. The first-order chi connectivity index (χ1) is 16.4. The van der Waals surface area contributed by atoms with Crippen molar-refractivity contribution in [2.45, 2.75) is 91.6 Å². The van der Waals surface area contributed by atoms with Gasteiger partial charge < -0.3 is 24.6 Å². The van der Waals surface area contributed by atoms with E-state index in [1.807, 2.05) is 0 Å². The van der Waals surface area contributed by atoms with Crippen molar-refractivity contribution in [2.24, 2.45) is 0 Å². The molecule has 0 aliphatic carbocycles. The fourth-order valence-electron chi connectivity index (χ4n) is 3.32. The lowest BCUT2D eigenvalue weighted by Crippen LogP contribution is -2.42. The molecule has 0 spiro atoms. The number of aliphatic hydroxyl groups is 1. The Morgan fingerprint density at radius 2 is 1.44 bits per heavy atom. The third kappa shape index (κ3) is 9.07. The molecule has 0 bridgehead atoms. The fourth-order valence-corrected chi connectivity index (χ4v) is 3.32. The summed E-state index contributed by atoms with van der Waals surface area (Å²) in [6, 6.07) is 4.36. The fraction of sp³-hybridized carbons (Fsp3) is 0.577. The molecule has 0 saturated heterocycles. The molecule has 0 unspecified atom stereocenters. The molecule has 2 amide bonds. The molecule has 0 radical (unpaired) electrons. The Kier molecular flexibility index (Phi) is 8.67. The van der Waals surface area contributed by atoms with Crippen molar-refractivity contribution in [1.82, 2.24) is 9.88 Å². The topological polar surface area (TPSA) is 128 Å². The SMILES string of the molecule is CC(C)(C)OC(=O)Nc1ccc2c(c1)c(C[C@@H](CO)NC(=O)OC(C)(C)C)cn2C(=O)OC(C)(C)C. The maximum atomic E-state index is 12.9. The minimum Gasteiger partial charge on any atom is -0.444 e. The van der Waals surface area contributed by atoms with E-state index in [0.717, 1.165) is 0 Å². The third-order valence-electron chi connectivity index (χ3n) is 4.53. The molecule has 0 aliphatic rings. The van der Waals surface area contributed by atoms with E-state index in [1.165, 1.54) is 4.57 Å². The molecule has 1 aromatic heterocycles. The van der Waals surface area contributed by atoms with Crippen LogP contribution in [-0.4, -0.2) is 57.4 Å². The van der Waals surface area contributed by atoms with Gasteiger partial charge in [0, 0.05) is 17.3 Å². The average molecular weight is 506 g/mol. The van der Waals surface area contributed by atoms with Crippen molar-refractivity contribution >= 4 is 34.9 Å². The zero-order valence-corrected chi connectivity index (χ0v) is 22.6. The number of hydrogen-bond donors (Lipinski definition) is 3. The maximum absolute atomic E-state index is 12.9. The number of alkyl carbamates (subject to hydrolysis) is 1. The van der Waals surface area contributed by atoms with Gasteiger partial charge in [0.1, 0.15) is 16.8 Å². The minimum absolute atomic E-state index is 0.192. The van der Waals surface area contributed by atoms with Gasteiger partial charge in [-0.15, -0.1) is 0 Å². The highest BCUT2D eigenvalue weighted by atomic mass is 16.6. The van der Waals surface area contributed by atoms with Gasteiger partial charge in [-0.05, 0) is 92.5 Å². The molecule has 0 aliphatic heterocycles. The van der Waals surface area contributed by atoms with Crippen LogP contribution in [0.25, 0.3) is 10.9 Å². The Hall–Kier alpha value is -3.27. The number of nitrogens with one attached hydrogen (secondary N) is 2. The monoisotopic (exact) mass is 505 g/mol. The summed E-state index contributed by atoms with van der Waals surface area (Å²) in [5.74, 6) is 0. The van der Waals surface area contributed by atoms with Crippen LogP contribution in [0.1, 0.15) is 67.9 Å². The van der Waals surface area contributed by atoms with Crippen LogP contribution < -0.4 is 10.6 Å². The number of nitrogens with zero attached hydrogens (tertiary/aromatic N) is 1. The Balaban J connectivity index is 2.43. The molecule has 2 aromatic rings. The van der Waals surface area contributed by atoms with Gasteiger partial charge in [0.05, 0.1) is 18.2 Å². The lowest BCUT2D eigenvalue weighted by Gasteiger charge is -2.22. The number of aromatic nitrogens is 1. The lowest BCUT2D eigenvalue weighted by atomic mass is 10.0. The van der Waals surface area contributed by atoms with E-state index >= 15 is 0 Å². The van der Waals surface area contributed by atoms with Crippen LogP contribution in [0.3, 0.4) is 0 Å². The summed E-state index contributed by atoms with van der Waals surface area (Å²) >= 11 is 0. The van der Waals surface area contributed by atoms with Crippen molar-refractivity contribution < 1.29 is 33.7 Å². The molecule has 1 aromatic carbocycles. The zero-order valence-electron chi connectivity index (χ0n) is 22.6. The van der Waals surface area contributed by atoms with Crippen LogP contribution in [-0.2, 0) is 20.6 Å². The van der Waals surface area contributed by atoms with Crippen LogP contribution in [0.5, 0.6) is 0 Å². The highest BCUT2D eigenvalue weighted by Crippen LogP contribution is 2.28. The van der Waals surface area contributed by atoms with Crippen LogP contribution in [0.15, 0.2) is 24.4 Å². The number of carbonyl (C=O) groups is 3. The Morgan fingerprint density at radius 1 is 0.889 bits per heavy atom. The highest BCUT2D eigenvalue weighted by molar-refractivity contribution is 5.96. The number of aliphatic hydroxyl groups excluding tert-OH is 1. The molecule has 200 valence electrons. The van der Waals surface area contributed by atoms with Gasteiger partial charge in [0.25, 0.3) is 0 Å². The quantitative estimate of drug-likeness (QED) is 0.477. The van der Waals surface area contributed by atoms with E-state index in [4.69, 9.17) is 14.2 Å². The smallest absolute Gasteiger partial charge is 0.419 e. The summed E-state index contributed by atoms with van der Waals surface area (Å²) in [5.41, 5.74) is -0.416. The first-order valence-corrected chi connectivity index (χ1v) is 11.8. The minimum atomic E-state index is -0.710. The van der Waals surface area contributed by atoms with E-state index in [2.05, 4.69) is 10.6 Å². The van der Waals surface area contributed by atoms with Crippen LogP contribution in [0.4, 0.5) is 20.1 Å². The van der Waals surface area contributed by atoms with Crippen molar-refractivity contribution in [3.63, 3.8) is 0 Å². The van der Waals surface area contributed by atoms with E-state index in [0.29, 0.717) is 22.2 Å². The third-order valence-corrected chi connectivity index (χ3v) is 4.53. The number of fused-ring (bicyclic) bond motifs is 1. The summed E-state index contributed by atoms with van der Waals surface area (Å²) < 4.78 is 17.5. The van der Waals surface area contributed by atoms with E-state index in [-0.39, 0.29) is 13.0 Å². The number of amides is 2. The molecular formula is C26H39N3O7. The van der Waals surface area contributed by atoms with Gasteiger partial charge in [0.15, 0.2) is 0 Å². The molecule has 1 heterocycles. The van der Waals surface area contributed by atoms with Crippen molar-refractivity contribution in [3.05, 3.63) is 30.0 Å². The zero-order chi connectivity index (χ0) is 27.5. The summed E-state index contributed by atoms with van der Waals surface area (Å²) in [5, 5.41) is 15.9. The van der Waals surface area contributed by atoms with Crippen molar-refractivity contribution in [3.8, 4) is 0 Å². The van der Waals surface area contributed by atoms with Gasteiger partial charge in [-0.2, -0.15) is 0 Å². The molecule has 36 heavy (non-hydrogen) atoms. The van der Waals surface area contributed by atoms with Crippen LogP contribution in [0.2, 0.25) is 0 Å². The summed E-state index contributed by atoms with van der Waals surface area (Å²) in [4.78, 5) is 37.4. The van der Waals surface area contributed by atoms with Crippen LogP contribution >= 0.6 is 0 Å². The van der Waals surface area contributed by atoms with E-state index in [1.54, 1.807) is 86.7 Å².